The molecule has 0 heterocycles. The summed E-state index contributed by atoms with van der Waals surface area (Å²) < 4.78 is 5.56. The molecule has 1 atom stereocenters. The topological polar surface area (TPSA) is 26.3 Å². The first-order valence-corrected chi connectivity index (χ1v) is 8.06. The highest BCUT2D eigenvalue weighted by atomic mass is 32.2. The van der Waals surface area contributed by atoms with Crippen molar-refractivity contribution in [3.8, 4) is 0 Å². The van der Waals surface area contributed by atoms with E-state index in [1.165, 1.54) is 18.9 Å². The maximum absolute atomic E-state index is 12.0. The lowest BCUT2D eigenvalue weighted by Crippen LogP contribution is -2.13. The number of carbonyl (C=O) groups excluding carboxylic acids is 1. The van der Waals surface area contributed by atoms with E-state index in [-0.39, 0.29) is 5.97 Å². The van der Waals surface area contributed by atoms with E-state index in [4.69, 9.17) is 17.0 Å². The largest absolute Gasteiger partial charge is 0.468 e. The van der Waals surface area contributed by atoms with Crippen LogP contribution in [0.4, 0.5) is 0 Å². The third kappa shape index (κ3) is 4.26. The Morgan fingerprint density at radius 3 is 2.33 bits per heavy atom. The van der Waals surface area contributed by atoms with Crippen molar-refractivity contribution in [1.82, 2.24) is 0 Å². The van der Waals surface area contributed by atoms with Gasteiger partial charge in [-0.05, 0) is 11.1 Å². The van der Waals surface area contributed by atoms with Gasteiger partial charge in [0.05, 0.1) is 21.5 Å². The van der Waals surface area contributed by atoms with Gasteiger partial charge in [-0.1, -0.05) is 83.8 Å². The number of hydrogen-bond donors (Lipinski definition) is 0. The maximum Gasteiger partial charge on any atom is 0.323 e. The molecule has 0 saturated heterocycles. The summed E-state index contributed by atoms with van der Waals surface area (Å²) in [5, 5.41) is 0.533. The summed E-state index contributed by atoms with van der Waals surface area (Å²) in [6.45, 7) is 0. The molecule has 2 rings (SSSR count). The monoisotopic (exact) mass is 329 g/mol. The summed E-state index contributed by atoms with van der Waals surface area (Å²) in [7, 11) is 4.83. The van der Waals surface area contributed by atoms with Crippen molar-refractivity contribution in [3.63, 3.8) is 0 Å². The quantitative estimate of drug-likeness (QED) is 0.489. The lowest BCUT2D eigenvalue weighted by Gasteiger charge is -2.15. The number of hydrogen-bond acceptors (Lipinski definition) is 4. The third-order valence-electron chi connectivity index (χ3n) is 2.86. The average Bonchev–Trinajstić information content (AvgIpc) is 2.53. The molecule has 2 aromatic carbocycles. The molecule has 0 saturated carbocycles. The highest BCUT2D eigenvalue weighted by Crippen LogP contribution is 2.33. The van der Waals surface area contributed by atoms with Crippen LogP contribution in [-0.4, -0.2) is 27.5 Å². The first kappa shape index (κ1) is 15.9. The standard InChI is InChI=1S/C16H13O2S2Si/c1-18-15(17)14(11-5-3-2-4-6-11)20-16(19)12-7-9-13(21)10-8-12/h2-10,14H,1H3. The molecule has 21 heavy (non-hydrogen) atoms. The second-order valence-corrected chi connectivity index (χ2v) is 6.66. The maximum atomic E-state index is 12.0. The van der Waals surface area contributed by atoms with Crippen molar-refractivity contribution in [3.05, 3.63) is 65.7 Å². The van der Waals surface area contributed by atoms with Crippen molar-refractivity contribution >= 4 is 49.6 Å². The molecule has 0 N–H and O–H groups in total. The Hall–Kier alpha value is -1.43. The highest BCUT2D eigenvalue weighted by Gasteiger charge is 2.24. The zero-order valence-corrected chi connectivity index (χ0v) is 14.0. The molecule has 0 spiro atoms. The molecule has 5 heteroatoms. The summed E-state index contributed by atoms with van der Waals surface area (Å²) in [5.41, 5.74) is 1.80. The van der Waals surface area contributed by atoms with Gasteiger partial charge in [-0.3, -0.25) is 4.79 Å². The molecule has 1 unspecified atom stereocenters. The minimum absolute atomic E-state index is 0.301. The number of benzene rings is 2. The van der Waals surface area contributed by atoms with Crippen LogP contribution in [0, 0.1) is 0 Å². The lowest BCUT2D eigenvalue weighted by atomic mass is 10.1. The van der Waals surface area contributed by atoms with Gasteiger partial charge in [0.2, 0.25) is 0 Å². The second kappa shape index (κ2) is 7.54. The van der Waals surface area contributed by atoms with E-state index >= 15 is 0 Å². The Labute approximate surface area is 137 Å². The number of thioether (sulfide) groups is 1. The van der Waals surface area contributed by atoms with Gasteiger partial charge in [-0.25, -0.2) is 0 Å². The van der Waals surface area contributed by atoms with Crippen LogP contribution < -0.4 is 5.19 Å². The van der Waals surface area contributed by atoms with Gasteiger partial charge >= 0.3 is 5.97 Å². The fourth-order valence-corrected chi connectivity index (χ4v) is 3.33. The van der Waals surface area contributed by atoms with Crippen molar-refractivity contribution in [2.24, 2.45) is 0 Å². The zero-order chi connectivity index (χ0) is 15.2. The van der Waals surface area contributed by atoms with Crippen molar-refractivity contribution in [2.45, 2.75) is 5.25 Å². The minimum Gasteiger partial charge on any atom is -0.468 e. The normalized spacial score (nSPS) is 11.7. The van der Waals surface area contributed by atoms with E-state index in [1.54, 1.807) is 0 Å². The van der Waals surface area contributed by atoms with E-state index in [2.05, 4.69) is 10.2 Å². The van der Waals surface area contributed by atoms with Crippen LogP contribution >= 0.6 is 24.0 Å². The summed E-state index contributed by atoms with van der Waals surface area (Å²) in [5.74, 6) is -0.301. The van der Waals surface area contributed by atoms with Gasteiger partial charge in [0.15, 0.2) is 0 Å². The van der Waals surface area contributed by atoms with Crippen molar-refractivity contribution < 1.29 is 9.53 Å². The predicted octanol–water partition coefficient (Wildman–Crippen LogP) is 2.80. The van der Waals surface area contributed by atoms with Crippen LogP contribution in [0.2, 0.25) is 0 Å². The zero-order valence-electron chi connectivity index (χ0n) is 11.4. The van der Waals surface area contributed by atoms with E-state index in [0.29, 0.717) is 4.20 Å². The molecular formula is C16H13O2S2Si. The number of carbonyl (C=O) groups is 1. The summed E-state index contributed by atoms with van der Waals surface area (Å²) in [6.07, 6.45) is 0. The summed E-state index contributed by atoms with van der Waals surface area (Å²) in [6, 6.07) is 17.2. The summed E-state index contributed by atoms with van der Waals surface area (Å²) >= 11 is 6.78. The SMILES string of the molecule is COC(=O)C(SC(=S)c1ccc([Si])cc1)c1ccccc1. The van der Waals surface area contributed by atoms with Crippen LogP contribution in [0.5, 0.6) is 0 Å². The Morgan fingerprint density at radius 1 is 1.14 bits per heavy atom. The Bertz CT molecular complexity index is 626. The molecular weight excluding hydrogens is 316 g/mol. The van der Waals surface area contributed by atoms with Gasteiger partial charge in [0.1, 0.15) is 5.25 Å². The Kier molecular flexibility index (Phi) is 5.73. The fourth-order valence-electron chi connectivity index (χ4n) is 1.77. The van der Waals surface area contributed by atoms with Gasteiger partial charge in [-0.15, -0.1) is 0 Å². The van der Waals surface area contributed by atoms with E-state index in [1.807, 2.05) is 54.6 Å². The van der Waals surface area contributed by atoms with Gasteiger partial charge in [-0.2, -0.15) is 0 Å². The van der Waals surface area contributed by atoms with Crippen LogP contribution in [0.25, 0.3) is 0 Å². The number of thiocarbonyl (C=S) groups is 1. The third-order valence-corrected chi connectivity index (χ3v) is 4.87. The molecule has 0 aliphatic carbocycles. The molecule has 0 aromatic heterocycles. The Morgan fingerprint density at radius 2 is 1.76 bits per heavy atom. The molecule has 0 fully saturated rings. The molecule has 0 aliphatic rings. The molecule has 0 amide bonds. The number of ether oxygens (including phenoxy) is 1. The number of methoxy groups -OCH3 is 1. The van der Waals surface area contributed by atoms with Crippen molar-refractivity contribution in [1.29, 1.82) is 0 Å². The average molecular weight is 329 g/mol. The highest BCUT2D eigenvalue weighted by molar-refractivity contribution is 8.24. The predicted molar refractivity (Wildman–Crippen MR) is 92.3 cm³/mol. The lowest BCUT2D eigenvalue weighted by molar-refractivity contribution is -0.140. The van der Waals surface area contributed by atoms with E-state index in [0.717, 1.165) is 16.3 Å². The molecule has 2 aromatic rings. The number of rotatable bonds is 4. The molecule has 0 bridgehead atoms. The molecule has 105 valence electrons. The van der Waals surface area contributed by atoms with E-state index < -0.39 is 5.25 Å². The molecule has 0 aliphatic heterocycles. The van der Waals surface area contributed by atoms with E-state index in [9.17, 15) is 4.79 Å². The van der Waals surface area contributed by atoms with Crippen LogP contribution in [-0.2, 0) is 9.53 Å². The van der Waals surface area contributed by atoms with Crippen molar-refractivity contribution in [2.75, 3.05) is 7.11 Å². The van der Waals surface area contributed by atoms with Gasteiger partial charge < -0.3 is 4.74 Å². The van der Waals surface area contributed by atoms with Crippen LogP contribution in [0.1, 0.15) is 16.4 Å². The Balaban J connectivity index is 2.21. The molecule has 2 nitrogen and oxygen atoms in total. The fraction of sp³-hybridized carbons (Fsp3) is 0.125. The smallest absolute Gasteiger partial charge is 0.323 e. The van der Waals surface area contributed by atoms with Gasteiger partial charge in [0, 0.05) is 0 Å². The van der Waals surface area contributed by atoms with Gasteiger partial charge in [0.25, 0.3) is 0 Å². The minimum atomic E-state index is -0.452. The number of esters is 1. The first-order valence-electron chi connectivity index (χ1n) is 6.27. The summed E-state index contributed by atoms with van der Waals surface area (Å²) in [4.78, 5) is 12.0. The molecule has 3 radical (unpaired) electrons. The second-order valence-electron chi connectivity index (χ2n) is 4.30. The van der Waals surface area contributed by atoms with Crippen LogP contribution in [0.15, 0.2) is 54.6 Å². The first-order chi connectivity index (χ1) is 10.1. The van der Waals surface area contributed by atoms with Crippen LogP contribution in [0.3, 0.4) is 0 Å².